The topological polar surface area (TPSA) is 56.6 Å². The number of ether oxygens (including phenoxy) is 2. The van der Waals surface area contributed by atoms with E-state index in [0.29, 0.717) is 46.2 Å². The Balaban J connectivity index is 1.66. The molecule has 30 heavy (non-hydrogen) atoms. The smallest absolute Gasteiger partial charge is 0.258 e. The Labute approximate surface area is 184 Å². The van der Waals surface area contributed by atoms with Crippen LogP contribution in [0.15, 0.2) is 53.3 Å². The highest BCUT2D eigenvalue weighted by molar-refractivity contribution is 6.33. The van der Waals surface area contributed by atoms with Gasteiger partial charge >= 0.3 is 0 Å². The molecule has 0 N–H and O–H groups in total. The van der Waals surface area contributed by atoms with Crippen LogP contribution in [0, 0.1) is 6.92 Å². The first kappa shape index (κ1) is 20.7. The summed E-state index contributed by atoms with van der Waals surface area (Å²) in [5, 5.41) is 1.15. The number of benzene rings is 2. The Hall–Kier alpha value is -2.54. The van der Waals surface area contributed by atoms with E-state index in [1.807, 2.05) is 12.1 Å². The largest absolute Gasteiger partial charge is 0.486 e. The van der Waals surface area contributed by atoms with Gasteiger partial charge in [-0.1, -0.05) is 29.3 Å². The second kappa shape index (κ2) is 9.08. The van der Waals surface area contributed by atoms with Gasteiger partial charge in [-0.15, -0.1) is 0 Å². The molecular weight excluding hydrogens is 425 g/mol. The predicted octanol–water partition coefficient (Wildman–Crippen LogP) is 4.26. The van der Waals surface area contributed by atoms with Crippen molar-refractivity contribution >= 4 is 28.9 Å². The van der Waals surface area contributed by atoms with Crippen molar-refractivity contribution < 1.29 is 9.47 Å². The lowest BCUT2D eigenvalue weighted by molar-refractivity contribution is 0.122. The molecule has 0 aliphatic carbocycles. The summed E-state index contributed by atoms with van der Waals surface area (Å²) in [4.78, 5) is 19.5. The van der Waals surface area contributed by atoms with Crippen LogP contribution in [0.5, 0.6) is 5.75 Å². The first-order valence-corrected chi connectivity index (χ1v) is 10.4. The summed E-state index contributed by atoms with van der Waals surface area (Å²) in [6.07, 6.45) is 0. The van der Waals surface area contributed by atoms with Gasteiger partial charge in [-0.25, -0.2) is 4.98 Å². The molecule has 8 heteroatoms. The Bertz CT molecular complexity index is 1110. The molecule has 1 fully saturated rings. The third kappa shape index (κ3) is 4.61. The number of hydrogen-bond donors (Lipinski definition) is 0. The first-order valence-electron chi connectivity index (χ1n) is 9.62. The SMILES string of the molecule is Cc1cc(=O)n(-c2ccc(N3CCOCC3)c(Cl)c2)c(COc2cccc(Cl)c2)n1. The summed E-state index contributed by atoms with van der Waals surface area (Å²) >= 11 is 12.6. The summed E-state index contributed by atoms with van der Waals surface area (Å²) in [6, 6.07) is 14.2. The van der Waals surface area contributed by atoms with Gasteiger partial charge in [0.05, 0.1) is 29.6 Å². The van der Waals surface area contributed by atoms with Crippen LogP contribution in [0.4, 0.5) is 5.69 Å². The molecule has 0 atom stereocenters. The Morgan fingerprint density at radius 1 is 1.10 bits per heavy atom. The molecule has 1 aromatic heterocycles. The van der Waals surface area contributed by atoms with Crippen molar-refractivity contribution in [1.82, 2.24) is 9.55 Å². The van der Waals surface area contributed by atoms with E-state index in [4.69, 9.17) is 32.7 Å². The van der Waals surface area contributed by atoms with Gasteiger partial charge in [-0.2, -0.15) is 0 Å². The van der Waals surface area contributed by atoms with Gasteiger partial charge in [0.25, 0.3) is 5.56 Å². The van der Waals surface area contributed by atoms with Crippen LogP contribution in [0.3, 0.4) is 0 Å². The maximum atomic E-state index is 12.8. The molecule has 1 aliphatic rings. The Morgan fingerprint density at radius 3 is 2.63 bits per heavy atom. The first-order chi connectivity index (χ1) is 14.5. The van der Waals surface area contributed by atoms with E-state index < -0.39 is 0 Å². The highest BCUT2D eigenvalue weighted by Gasteiger charge is 2.17. The van der Waals surface area contributed by atoms with Crippen LogP contribution in [0.25, 0.3) is 5.69 Å². The van der Waals surface area contributed by atoms with Gasteiger partial charge in [0.2, 0.25) is 0 Å². The van der Waals surface area contributed by atoms with E-state index in [9.17, 15) is 4.79 Å². The van der Waals surface area contributed by atoms with Gasteiger partial charge in [0.15, 0.2) is 5.82 Å². The Kier molecular flexibility index (Phi) is 6.27. The fourth-order valence-electron chi connectivity index (χ4n) is 3.43. The van der Waals surface area contributed by atoms with Crippen molar-refractivity contribution in [2.24, 2.45) is 0 Å². The van der Waals surface area contributed by atoms with Gasteiger partial charge in [-0.05, 0) is 43.3 Å². The van der Waals surface area contributed by atoms with Crippen molar-refractivity contribution in [3.8, 4) is 11.4 Å². The highest BCUT2D eigenvalue weighted by atomic mass is 35.5. The molecule has 0 radical (unpaired) electrons. The van der Waals surface area contributed by atoms with Crippen LogP contribution in [-0.4, -0.2) is 35.9 Å². The minimum absolute atomic E-state index is 0.111. The van der Waals surface area contributed by atoms with Crippen molar-refractivity contribution in [3.05, 3.63) is 80.4 Å². The standard InChI is InChI=1S/C22H21Cl2N3O3/c1-15-11-22(28)27(21(25-15)14-30-18-4-2-3-16(23)12-18)17-5-6-20(19(24)13-17)26-7-9-29-10-8-26/h2-6,11-13H,7-10,14H2,1H3. The average molecular weight is 446 g/mol. The van der Waals surface area contributed by atoms with E-state index in [-0.39, 0.29) is 12.2 Å². The summed E-state index contributed by atoms with van der Waals surface area (Å²) in [5.74, 6) is 1.08. The molecule has 0 unspecified atom stereocenters. The van der Waals surface area contributed by atoms with Gasteiger partial charge in [0.1, 0.15) is 12.4 Å². The molecule has 3 aromatic rings. The fraction of sp³-hybridized carbons (Fsp3) is 0.273. The number of nitrogens with zero attached hydrogens (tertiary/aromatic N) is 3. The average Bonchev–Trinajstić information content (AvgIpc) is 2.72. The molecule has 2 aromatic carbocycles. The molecule has 4 rings (SSSR count). The lowest BCUT2D eigenvalue weighted by atomic mass is 10.2. The zero-order valence-corrected chi connectivity index (χ0v) is 18.0. The van der Waals surface area contributed by atoms with E-state index in [2.05, 4.69) is 9.88 Å². The summed E-state index contributed by atoms with van der Waals surface area (Å²) in [5.41, 5.74) is 1.99. The number of halogens is 2. The van der Waals surface area contributed by atoms with E-state index in [1.165, 1.54) is 10.6 Å². The van der Waals surface area contributed by atoms with E-state index in [0.717, 1.165) is 18.8 Å². The fourth-order valence-corrected chi connectivity index (χ4v) is 3.90. The number of anilines is 1. The number of aromatic nitrogens is 2. The molecule has 1 aliphatic heterocycles. The molecule has 0 spiro atoms. The molecule has 1 saturated heterocycles. The van der Waals surface area contributed by atoms with E-state index in [1.54, 1.807) is 37.3 Å². The summed E-state index contributed by atoms with van der Waals surface area (Å²) < 4.78 is 12.8. The van der Waals surface area contributed by atoms with E-state index >= 15 is 0 Å². The lowest BCUT2D eigenvalue weighted by Gasteiger charge is -2.29. The predicted molar refractivity (Wildman–Crippen MR) is 118 cm³/mol. The number of aryl methyl sites for hydroxylation is 1. The van der Waals surface area contributed by atoms with Crippen molar-refractivity contribution in [2.45, 2.75) is 13.5 Å². The molecule has 0 saturated carbocycles. The van der Waals surface area contributed by atoms with Gasteiger partial charge in [-0.3, -0.25) is 9.36 Å². The van der Waals surface area contributed by atoms with Crippen LogP contribution in [0.1, 0.15) is 11.5 Å². The monoisotopic (exact) mass is 445 g/mol. The van der Waals surface area contributed by atoms with Crippen LogP contribution in [-0.2, 0) is 11.3 Å². The quantitative estimate of drug-likeness (QED) is 0.586. The van der Waals surface area contributed by atoms with Crippen LogP contribution in [0.2, 0.25) is 10.0 Å². The highest BCUT2D eigenvalue weighted by Crippen LogP contribution is 2.29. The summed E-state index contributed by atoms with van der Waals surface area (Å²) in [7, 11) is 0. The second-order valence-corrected chi connectivity index (χ2v) is 7.81. The van der Waals surface area contributed by atoms with Crippen molar-refractivity contribution in [2.75, 3.05) is 31.2 Å². The number of rotatable bonds is 5. The molecule has 0 amide bonds. The molecule has 2 heterocycles. The lowest BCUT2D eigenvalue weighted by Crippen LogP contribution is -2.36. The number of hydrogen-bond acceptors (Lipinski definition) is 5. The minimum atomic E-state index is -0.192. The number of morpholine rings is 1. The maximum Gasteiger partial charge on any atom is 0.258 e. The zero-order chi connectivity index (χ0) is 21.1. The maximum absolute atomic E-state index is 12.8. The van der Waals surface area contributed by atoms with Gasteiger partial charge < -0.3 is 14.4 Å². The third-order valence-electron chi connectivity index (χ3n) is 4.82. The Morgan fingerprint density at radius 2 is 1.90 bits per heavy atom. The van der Waals surface area contributed by atoms with Crippen molar-refractivity contribution in [3.63, 3.8) is 0 Å². The minimum Gasteiger partial charge on any atom is -0.486 e. The van der Waals surface area contributed by atoms with Gasteiger partial charge in [0, 0.05) is 29.9 Å². The normalized spacial score (nSPS) is 14.0. The molecule has 6 nitrogen and oxygen atoms in total. The second-order valence-electron chi connectivity index (χ2n) is 6.97. The zero-order valence-electron chi connectivity index (χ0n) is 16.5. The van der Waals surface area contributed by atoms with Crippen LogP contribution < -0.4 is 15.2 Å². The van der Waals surface area contributed by atoms with Crippen molar-refractivity contribution in [1.29, 1.82) is 0 Å². The molecule has 0 bridgehead atoms. The molecular formula is C22H21Cl2N3O3. The third-order valence-corrected chi connectivity index (χ3v) is 5.36. The summed E-state index contributed by atoms with van der Waals surface area (Å²) in [6.45, 7) is 4.80. The molecule has 156 valence electrons. The van der Waals surface area contributed by atoms with Crippen LogP contribution >= 0.6 is 23.2 Å².